The van der Waals surface area contributed by atoms with Crippen LogP contribution < -0.4 is 9.73 Å². The van der Waals surface area contributed by atoms with E-state index in [1.165, 1.54) is 16.5 Å². The molecule has 0 fully saturated rings. The molecule has 0 spiro atoms. The van der Waals surface area contributed by atoms with Gasteiger partial charge in [-0.25, -0.2) is 13.8 Å². The molecule has 1 aliphatic carbocycles. The van der Waals surface area contributed by atoms with Gasteiger partial charge < -0.3 is 0 Å². The Morgan fingerprint density at radius 3 is 2.57 bits per heavy atom. The van der Waals surface area contributed by atoms with E-state index in [1.807, 2.05) is 18.2 Å². The summed E-state index contributed by atoms with van der Waals surface area (Å²) in [6.45, 7) is -0.427. The minimum atomic E-state index is -3.71. The number of hydrazone groups is 1. The first-order chi connectivity index (χ1) is 14.3. The van der Waals surface area contributed by atoms with Crippen LogP contribution in [0.25, 0.3) is 10.8 Å². The predicted molar refractivity (Wildman–Crippen MR) is 121 cm³/mol. The lowest BCUT2D eigenvalue weighted by molar-refractivity contribution is -0.119. The number of nitrogens with zero attached hydrogens (tertiary/aromatic N) is 2. The van der Waals surface area contributed by atoms with Gasteiger partial charge in [-0.05, 0) is 46.9 Å². The maximum absolute atomic E-state index is 12.4. The van der Waals surface area contributed by atoms with E-state index in [9.17, 15) is 13.2 Å². The third kappa shape index (κ3) is 4.04. The molecular formula is C22H20ClN3O3S. The molecule has 0 bridgehead atoms. The number of hydrogen-bond acceptors (Lipinski definition) is 4. The molecule has 3 aromatic rings. The van der Waals surface area contributed by atoms with Gasteiger partial charge in [0.2, 0.25) is 10.0 Å². The van der Waals surface area contributed by atoms with Crippen LogP contribution in [0.4, 0.5) is 5.69 Å². The van der Waals surface area contributed by atoms with Gasteiger partial charge in [0.15, 0.2) is 0 Å². The maximum atomic E-state index is 12.4. The molecule has 6 nitrogen and oxygen atoms in total. The van der Waals surface area contributed by atoms with Crippen molar-refractivity contribution >= 4 is 50.2 Å². The lowest BCUT2D eigenvalue weighted by Crippen LogP contribution is -2.39. The number of para-hydroxylation sites is 1. The summed E-state index contributed by atoms with van der Waals surface area (Å²) in [5.74, 6) is -0.567. The molecule has 0 heterocycles. The van der Waals surface area contributed by atoms with Crippen LogP contribution in [0.3, 0.4) is 0 Å². The summed E-state index contributed by atoms with van der Waals surface area (Å²) < 4.78 is 25.3. The fourth-order valence-corrected chi connectivity index (χ4v) is 4.91. The van der Waals surface area contributed by atoms with Crippen LogP contribution in [0.5, 0.6) is 0 Å². The van der Waals surface area contributed by atoms with Gasteiger partial charge in [-0.15, -0.1) is 0 Å². The molecule has 1 aliphatic rings. The van der Waals surface area contributed by atoms with Crippen molar-refractivity contribution in [3.05, 3.63) is 76.3 Å². The Hall–Kier alpha value is -2.90. The van der Waals surface area contributed by atoms with E-state index >= 15 is 0 Å². The van der Waals surface area contributed by atoms with E-state index < -0.39 is 22.5 Å². The first kappa shape index (κ1) is 20.4. The summed E-state index contributed by atoms with van der Waals surface area (Å²) in [6.07, 6.45) is 4.68. The zero-order valence-electron chi connectivity index (χ0n) is 16.3. The van der Waals surface area contributed by atoms with Crippen molar-refractivity contribution in [2.24, 2.45) is 5.10 Å². The number of anilines is 1. The van der Waals surface area contributed by atoms with E-state index in [0.717, 1.165) is 34.4 Å². The fraction of sp³-hybridized carbons (Fsp3) is 0.182. The van der Waals surface area contributed by atoms with Crippen molar-refractivity contribution in [3.63, 3.8) is 0 Å². The molecule has 30 heavy (non-hydrogen) atoms. The highest BCUT2D eigenvalue weighted by Crippen LogP contribution is 2.32. The highest BCUT2D eigenvalue weighted by atomic mass is 35.5. The van der Waals surface area contributed by atoms with E-state index in [0.29, 0.717) is 0 Å². The highest BCUT2D eigenvalue weighted by Gasteiger charge is 2.22. The molecule has 0 radical (unpaired) electrons. The third-order valence-corrected chi connectivity index (χ3v) is 6.56. The standard InChI is InChI=1S/C22H20ClN3O3S/c1-30(28,29)26(20-8-3-2-7-19(20)23)14-21(27)25-24-13-17-12-11-16-10-9-15-5-4-6-18(17)22(15)16/h2-8,11-13H,9-10,14H2,1H3,(H,25,27). The minimum absolute atomic E-state index is 0.243. The molecule has 0 saturated carbocycles. The van der Waals surface area contributed by atoms with Crippen molar-refractivity contribution in [2.45, 2.75) is 12.8 Å². The third-order valence-electron chi connectivity index (χ3n) is 5.11. The number of amides is 1. The summed E-state index contributed by atoms with van der Waals surface area (Å²) in [7, 11) is -3.71. The zero-order valence-corrected chi connectivity index (χ0v) is 17.9. The van der Waals surface area contributed by atoms with Gasteiger partial charge in [0.05, 0.1) is 23.2 Å². The van der Waals surface area contributed by atoms with E-state index in [-0.39, 0.29) is 10.7 Å². The minimum Gasteiger partial charge on any atom is -0.271 e. The van der Waals surface area contributed by atoms with Crippen LogP contribution in [0.1, 0.15) is 16.7 Å². The Balaban J connectivity index is 1.52. The van der Waals surface area contributed by atoms with Gasteiger partial charge in [0, 0.05) is 5.56 Å². The van der Waals surface area contributed by atoms with E-state index in [1.54, 1.807) is 30.5 Å². The second kappa shape index (κ2) is 8.08. The molecular weight excluding hydrogens is 422 g/mol. The number of rotatable bonds is 6. The van der Waals surface area contributed by atoms with Crippen LogP contribution in [0.15, 0.2) is 59.7 Å². The number of aryl methyl sites for hydroxylation is 2. The number of benzene rings is 3. The molecule has 1 N–H and O–H groups in total. The number of nitrogens with one attached hydrogen (secondary N) is 1. The van der Waals surface area contributed by atoms with Crippen LogP contribution in [-0.4, -0.2) is 33.3 Å². The molecule has 8 heteroatoms. The lowest BCUT2D eigenvalue weighted by atomic mass is 10.0. The summed E-state index contributed by atoms with van der Waals surface area (Å²) in [4.78, 5) is 12.4. The Morgan fingerprint density at radius 1 is 1.10 bits per heavy atom. The fourth-order valence-electron chi connectivity index (χ4n) is 3.76. The average Bonchev–Trinajstić information content (AvgIpc) is 3.13. The van der Waals surface area contributed by atoms with Gasteiger partial charge in [0.25, 0.3) is 5.91 Å². The zero-order chi connectivity index (χ0) is 21.3. The molecule has 3 aromatic carbocycles. The Kier molecular flexibility index (Phi) is 5.49. The summed E-state index contributed by atoms with van der Waals surface area (Å²) in [5, 5.41) is 6.64. The number of hydrogen-bond donors (Lipinski definition) is 1. The predicted octanol–water partition coefficient (Wildman–Crippen LogP) is 3.51. The van der Waals surface area contributed by atoms with Crippen molar-refractivity contribution in [1.82, 2.24) is 5.43 Å². The van der Waals surface area contributed by atoms with Crippen LogP contribution >= 0.6 is 11.6 Å². The molecule has 0 aliphatic heterocycles. The Bertz CT molecular complexity index is 1260. The van der Waals surface area contributed by atoms with Gasteiger partial charge in [-0.3, -0.25) is 9.10 Å². The van der Waals surface area contributed by atoms with Crippen LogP contribution in [0.2, 0.25) is 5.02 Å². The summed E-state index contributed by atoms with van der Waals surface area (Å²) >= 11 is 6.11. The molecule has 0 saturated heterocycles. The Labute approximate surface area is 180 Å². The smallest absolute Gasteiger partial charge is 0.260 e. The van der Waals surface area contributed by atoms with E-state index in [4.69, 9.17) is 11.6 Å². The van der Waals surface area contributed by atoms with Crippen molar-refractivity contribution in [2.75, 3.05) is 17.1 Å². The number of sulfonamides is 1. The SMILES string of the molecule is CS(=O)(=O)N(CC(=O)NN=Cc1ccc2c3c(cccc13)CC2)c1ccccc1Cl. The normalized spacial score (nSPS) is 13.1. The monoisotopic (exact) mass is 441 g/mol. The number of carbonyl (C=O) groups excluding carboxylic acids is 1. The molecule has 1 amide bonds. The number of halogens is 1. The van der Waals surface area contributed by atoms with Gasteiger partial charge >= 0.3 is 0 Å². The van der Waals surface area contributed by atoms with E-state index in [2.05, 4.69) is 22.7 Å². The second-order valence-electron chi connectivity index (χ2n) is 7.17. The van der Waals surface area contributed by atoms with Crippen LogP contribution in [-0.2, 0) is 27.7 Å². The lowest BCUT2D eigenvalue weighted by Gasteiger charge is -2.22. The number of carbonyl (C=O) groups is 1. The maximum Gasteiger partial charge on any atom is 0.260 e. The molecule has 0 atom stereocenters. The molecule has 4 rings (SSSR count). The van der Waals surface area contributed by atoms with Crippen LogP contribution in [0, 0.1) is 0 Å². The molecule has 154 valence electrons. The van der Waals surface area contributed by atoms with Gasteiger partial charge in [-0.1, -0.05) is 54.1 Å². The first-order valence-electron chi connectivity index (χ1n) is 9.42. The topological polar surface area (TPSA) is 78.8 Å². The average molecular weight is 442 g/mol. The van der Waals surface area contributed by atoms with Gasteiger partial charge in [-0.2, -0.15) is 5.10 Å². The first-order valence-corrected chi connectivity index (χ1v) is 11.6. The molecule has 0 unspecified atom stereocenters. The largest absolute Gasteiger partial charge is 0.271 e. The molecule has 0 aromatic heterocycles. The Morgan fingerprint density at radius 2 is 1.83 bits per heavy atom. The second-order valence-corrected chi connectivity index (χ2v) is 9.48. The highest BCUT2D eigenvalue weighted by molar-refractivity contribution is 7.92. The van der Waals surface area contributed by atoms with Crippen molar-refractivity contribution in [1.29, 1.82) is 0 Å². The summed E-state index contributed by atoms with van der Waals surface area (Å²) in [5.41, 5.74) is 6.20. The van der Waals surface area contributed by atoms with Crippen molar-refractivity contribution in [3.8, 4) is 0 Å². The summed E-state index contributed by atoms with van der Waals surface area (Å²) in [6, 6.07) is 16.7. The van der Waals surface area contributed by atoms with Crippen molar-refractivity contribution < 1.29 is 13.2 Å². The van der Waals surface area contributed by atoms with Gasteiger partial charge in [0.1, 0.15) is 6.54 Å². The quantitative estimate of drug-likeness (QED) is 0.469.